The number of likely N-dealkylation sites (tertiary alicyclic amines) is 1. The van der Waals surface area contributed by atoms with Crippen LogP contribution in [0.15, 0.2) is 30.3 Å². The van der Waals surface area contributed by atoms with Crippen molar-refractivity contribution in [2.24, 2.45) is 11.8 Å². The van der Waals surface area contributed by atoms with Gasteiger partial charge in [-0.2, -0.15) is 28.8 Å². The van der Waals surface area contributed by atoms with E-state index in [4.69, 9.17) is 0 Å². The van der Waals surface area contributed by atoms with Gasteiger partial charge in [0.1, 0.15) is 0 Å². The highest BCUT2D eigenvalue weighted by molar-refractivity contribution is 7.98. The first-order chi connectivity index (χ1) is 11.4. The monoisotopic (exact) mass is 369 g/mol. The molecule has 0 aliphatic carbocycles. The minimum absolute atomic E-state index is 0.0529. The molecule has 2 aliphatic heterocycles. The van der Waals surface area contributed by atoms with Crippen LogP contribution in [0.1, 0.15) is 11.6 Å². The van der Waals surface area contributed by atoms with Crippen molar-refractivity contribution in [2.45, 2.75) is 6.04 Å². The number of rotatable bonds is 6. The van der Waals surface area contributed by atoms with E-state index in [1.54, 1.807) is 18.4 Å². The van der Waals surface area contributed by atoms with E-state index >= 15 is 0 Å². The average molecular weight is 370 g/mol. The van der Waals surface area contributed by atoms with Crippen molar-refractivity contribution in [3.8, 4) is 0 Å². The predicted octanol–water partition coefficient (Wildman–Crippen LogP) is 1.76. The molecule has 0 radical (unpaired) electrons. The zero-order valence-corrected chi connectivity index (χ0v) is 16.3. The van der Waals surface area contributed by atoms with Gasteiger partial charge in [-0.15, -0.1) is 0 Å². The molecule has 5 nitrogen and oxygen atoms in total. The van der Waals surface area contributed by atoms with E-state index in [1.807, 2.05) is 30.0 Å². The molecule has 1 aromatic rings. The van der Waals surface area contributed by atoms with E-state index in [9.17, 15) is 8.42 Å². The summed E-state index contributed by atoms with van der Waals surface area (Å²) in [4.78, 5) is 2.50. The SMILES string of the molecule is CSCCN1C[C@H]2CN(S(=O)(=O)N(C)C)[C@H](c3ccccc3)[C@H]2C1. The molecule has 134 valence electrons. The van der Waals surface area contributed by atoms with Crippen LogP contribution in [0.4, 0.5) is 0 Å². The highest BCUT2D eigenvalue weighted by atomic mass is 32.2. The van der Waals surface area contributed by atoms with Gasteiger partial charge in [0.2, 0.25) is 0 Å². The zero-order valence-electron chi connectivity index (χ0n) is 14.6. The average Bonchev–Trinajstić information content (AvgIpc) is 3.10. The van der Waals surface area contributed by atoms with E-state index in [1.165, 1.54) is 4.31 Å². The van der Waals surface area contributed by atoms with Crippen molar-refractivity contribution in [3.05, 3.63) is 35.9 Å². The lowest BCUT2D eigenvalue weighted by Crippen LogP contribution is -2.42. The van der Waals surface area contributed by atoms with Crippen molar-refractivity contribution in [2.75, 3.05) is 52.3 Å². The fourth-order valence-electron chi connectivity index (χ4n) is 4.01. The van der Waals surface area contributed by atoms with Gasteiger partial charge < -0.3 is 4.90 Å². The first-order valence-corrected chi connectivity index (χ1v) is 11.2. The van der Waals surface area contributed by atoms with Crippen molar-refractivity contribution in [1.29, 1.82) is 0 Å². The second-order valence-corrected chi connectivity index (χ2v) is 9.97. The van der Waals surface area contributed by atoms with Crippen LogP contribution in [0.25, 0.3) is 0 Å². The minimum Gasteiger partial charge on any atom is -0.302 e. The maximum absolute atomic E-state index is 12.8. The normalized spacial score (nSPS) is 28.6. The maximum atomic E-state index is 12.8. The molecule has 2 saturated heterocycles. The van der Waals surface area contributed by atoms with Crippen molar-refractivity contribution in [3.63, 3.8) is 0 Å². The Morgan fingerprint density at radius 1 is 1.17 bits per heavy atom. The molecular formula is C17H27N3O2S2. The third-order valence-electron chi connectivity index (χ3n) is 5.21. The van der Waals surface area contributed by atoms with Crippen LogP contribution in [0, 0.1) is 11.8 Å². The highest BCUT2D eigenvalue weighted by Crippen LogP contribution is 2.46. The Morgan fingerprint density at radius 3 is 2.50 bits per heavy atom. The summed E-state index contributed by atoms with van der Waals surface area (Å²) in [5.74, 6) is 1.94. The number of fused-ring (bicyclic) bond motifs is 1. The largest absolute Gasteiger partial charge is 0.302 e. The molecule has 0 aromatic heterocycles. The number of benzene rings is 1. The summed E-state index contributed by atoms with van der Waals surface area (Å²) in [5.41, 5.74) is 1.11. The summed E-state index contributed by atoms with van der Waals surface area (Å²) in [5, 5.41) is 0. The Morgan fingerprint density at radius 2 is 1.88 bits per heavy atom. The molecule has 2 aliphatic rings. The Hall–Kier alpha value is -0.600. The van der Waals surface area contributed by atoms with Crippen molar-refractivity contribution >= 4 is 22.0 Å². The van der Waals surface area contributed by atoms with Crippen LogP contribution >= 0.6 is 11.8 Å². The Balaban J connectivity index is 1.89. The van der Waals surface area contributed by atoms with Crippen molar-refractivity contribution in [1.82, 2.24) is 13.5 Å². The lowest BCUT2D eigenvalue weighted by molar-refractivity contribution is 0.268. The summed E-state index contributed by atoms with van der Waals surface area (Å²) < 4.78 is 28.7. The Bertz CT molecular complexity index is 651. The van der Waals surface area contributed by atoms with Gasteiger partial charge in [-0.3, -0.25) is 0 Å². The van der Waals surface area contributed by atoms with Gasteiger partial charge in [-0.05, 0) is 23.7 Å². The number of thioether (sulfide) groups is 1. The molecule has 2 fully saturated rings. The Kier molecular flexibility index (Phi) is 5.56. The van der Waals surface area contributed by atoms with Crippen LogP contribution in [0.2, 0.25) is 0 Å². The number of hydrogen-bond donors (Lipinski definition) is 0. The summed E-state index contributed by atoms with van der Waals surface area (Å²) in [6.45, 7) is 3.72. The molecule has 7 heteroatoms. The first kappa shape index (κ1) is 18.2. The van der Waals surface area contributed by atoms with E-state index in [0.717, 1.165) is 31.0 Å². The quantitative estimate of drug-likeness (QED) is 0.766. The molecule has 2 heterocycles. The fraction of sp³-hybridized carbons (Fsp3) is 0.647. The zero-order chi connectivity index (χ0) is 17.3. The van der Waals surface area contributed by atoms with Gasteiger partial charge in [0.25, 0.3) is 10.2 Å². The van der Waals surface area contributed by atoms with Crippen LogP contribution in [-0.4, -0.2) is 74.2 Å². The van der Waals surface area contributed by atoms with Gasteiger partial charge in [-0.25, -0.2) is 0 Å². The molecule has 24 heavy (non-hydrogen) atoms. The molecule has 0 spiro atoms. The van der Waals surface area contributed by atoms with Crippen LogP contribution in [0.3, 0.4) is 0 Å². The van der Waals surface area contributed by atoms with Crippen LogP contribution in [-0.2, 0) is 10.2 Å². The predicted molar refractivity (Wildman–Crippen MR) is 100 cm³/mol. The molecule has 1 aromatic carbocycles. The van der Waals surface area contributed by atoms with Gasteiger partial charge in [0.05, 0.1) is 6.04 Å². The smallest absolute Gasteiger partial charge is 0.282 e. The lowest BCUT2D eigenvalue weighted by Gasteiger charge is -2.31. The second-order valence-electron chi connectivity index (χ2n) is 6.89. The molecule has 3 rings (SSSR count). The van der Waals surface area contributed by atoms with Gasteiger partial charge >= 0.3 is 0 Å². The Labute approximate surface area is 150 Å². The van der Waals surface area contributed by atoms with Crippen LogP contribution in [0.5, 0.6) is 0 Å². The minimum atomic E-state index is -3.41. The summed E-state index contributed by atoms with van der Waals surface area (Å²) >= 11 is 1.87. The topological polar surface area (TPSA) is 43.9 Å². The molecular weight excluding hydrogens is 342 g/mol. The van der Waals surface area contributed by atoms with Gasteiger partial charge in [-0.1, -0.05) is 30.3 Å². The molecule has 0 bridgehead atoms. The third-order valence-corrected chi connectivity index (χ3v) is 7.69. The summed E-state index contributed by atoms with van der Waals surface area (Å²) in [6.07, 6.45) is 2.13. The molecule has 0 unspecified atom stereocenters. The van der Waals surface area contributed by atoms with Crippen LogP contribution < -0.4 is 0 Å². The fourth-order valence-corrected chi connectivity index (χ4v) is 5.82. The van der Waals surface area contributed by atoms with E-state index < -0.39 is 10.2 Å². The number of hydrogen-bond acceptors (Lipinski definition) is 4. The highest BCUT2D eigenvalue weighted by Gasteiger charge is 2.51. The second kappa shape index (κ2) is 7.33. The molecule has 0 amide bonds. The lowest BCUT2D eigenvalue weighted by atomic mass is 9.90. The standard InChI is InChI=1S/C17H27N3O2S2/c1-18(2)24(21,22)20-12-15-11-19(9-10-23-3)13-16(15)17(20)14-7-5-4-6-8-14/h4-8,15-17H,9-13H2,1-3H3/t15-,16-,17+/m0/s1. The van der Waals surface area contributed by atoms with Gasteiger partial charge in [0.15, 0.2) is 0 Å². The van der Waals surface area contributed by atoms with E-state index in [2.05, 4.69) is 23.3 Å². The summed E-state index contributed by atoms with van der Waals surface area (Å²) in [7, 11) is -0.164. The summed E-state index contributed by atoms with van der Waals surface area (Å²) in [6, 6.07) is 10.1. The third kappa shape index (κ3) is 3.37. The van der Waals surface area contributed by atoms with E-state index in [-0.39, 0.29) is 6.04 Å². The maximum Gasteiger partial charge on any atom is 0.282 e. The number of nitrogens with zero attached hydrogens (tertiary/aromatic N) is 3. The molecule has 0 N–H and O–H groups in total. The van der Waals surface area contributed by atoms with Gasteiger partial charge in [0, 0.05) is 46.0 Å². The van der Waals surface area contributed by atoms with Crippen molar-refractivity contribution < 1.29 is 8.42 Å². The molecule has 0 saturated carbocycles. The first-order valence-electron chi connectivity index (χ1n) is 8.40. The van der Waals surface area contributed by atoms with E-state index in [0.29, 0.717) is 18.4 Å². The molecule has 3 atom stereocenters.